The molecule has 1 N–H and O–H groups in total. The number of nitrogens with one attached hydrogen (secondary N) is 1. The second-order valence-corrected chi connectivity index (χ2v) is 6.73. The minimum absolute atomic E-state index is 0.153. The van der Waals surface area contributed by atoms with Crippen molar-refractivity contribution in [1.82, 2.24) is 9.55 Å². The average Bonchev–Trinajstić information content (AvgIpc) is 3.02. The van der Waals surface area contributed by atoms with Crippen LogP contribution in [0.2, 0.25) is 0 Å². The van der Waals surface area contributed by atoms with Crippen LogP contribution < -0.4 is 20.1 Å². The van der Waals surface area contributed by atoms with Gasteiger partial charge in [0.25, 0.3) is 5.56 Å². The molecule has 142 valence electrons. The van der Waals surface area contributed by atoms with E-state index in [1.165, 1.54) is 4.57 Å². The van der Waals surface area contributed by atoms with Crippen LogP contribution in [-0.4, -0.2) is 22.1 Å². The van der Waals surface area contributed by atoms with Gasteiger partial charge in [-0.3, -0.25) is 14.3 Å². The van der Waals surface area contributed by atoms with Crippen molar-refractivity contribution in [3.05, 3.63) is 56.1 Å². The fourth-order valence-electron chi connectivity index (χ4n) is 2.74. The van der Waals surface area contributed by atoms with Crippen molar-refractivity contribution in [2.45, 2.75) is 20.4 Å². The van der Waals surface area contributed by atoms with Crippen molar-refractivity contribution in [3.8, 4) is 6.07 Å². The van der Waals surface area contributed by atoms with Crippen LogP contribution in [0.15, 0.2) is 41.3 Å². The largest absolute Gasteiger partial charge is 0.462 e. The van der Waals surface area contributed by atoms with E-state index in [2.05, 4.69) is 10.3 Å². The molecule has 0 aliphatic heterocycles. The van der Waals surface area contributed by atoms with Crippen molar-refractivity contribution >= 4 is 45.7 Å². The van der Waals surface area contributed by atoms with Crippen LogP contribution in [0.25, 0.3) is 22.7 Å². The zero-order chi connectivity index (χ0) is 20.1. The van der Waals surface area contributed by atoms with Gasteiger partial charge in [0.15, 0.2) is 5.57 Å². The van der Waals surface area contributed by atoms with E-state index in [9.17, 15) is 14.9 Å². The van der Waals surface area contributed by atoms with Crippen molar-refractivity contribution in [1.29, 1.82) is 5.26 Å². The third kappa shape index (κ3) is 3.66. The Labute approximate surface area is 164 Å². The lowest BCUT2D eigenvalue weighted by atomic mass is 10.2. The second kappa shape index (κ2) is 8.50. The zero-order valence-electron chi connectivity index (χ0n) is 15.4. The predicted molar refractivity (Wildman–Crippen MR) is 109 cm³/mol. The van der Waals surface area contributed by atoms with E-state index in [-0.39, 0.29) is 22.4 Å². The predicted octanol–water partition coefficient (Wildman–Crippen LogP) is 1.57. The molecule has 0 bridgehead atoms. The number of anilines is 1. The van der Waals surface area contributed by atoms with Crippen molar-refractivity contribution in [3.63, 3.8) is 0 Å². The smallest absolute Gasteiger partial charge is 0.351 e. The van der Waals surface area contributed by atoms with Crippen LogP contribution in [-0.2, 0) is 16.1 Å². The maximum Gasteiger partial charge on any atom is 0.351 e. The number of aromatic nitrogens is 2. The Kier molecular flexibility index (Phi) is 5.87. The Balaban J connectivity index is 2.13. The van der Waals surface area contributed by atoms with E-state index in [4.69, 9.17) is 4.74 Å². The van der Waals surface area contributed by atoms with Crippen LogP contribution in [0.3, 0.4) is 0 Å². The molecule has 1 aromatic carbocycles. The van der Waals surface area contributed by atoms with E-state index in [0.717, 1.165) is 27.9 Å². The number of hydrogen-bond acceptors (Lipinski definition) is 7. The van der Waals surface area contributed by atoms with Crippen molar-refractivity contribution in [2.24, 2.45) is 0 Å². The van der Waals surface area contributed by atoms with Gasteiger partial charge >= 0.3 is 5.97 Å². The Hall–Kier alpha value is -3.44. The molecule has 3 aromatic rings. The Morgan fingerprint density at radius 2 is 2.14 bits per heavy atom. The lowest BCUT2D eigenvalue weighted by Gasteiger charge is -2.04. The summed E-state index contributed by atoms with van der Waals surface area (Å²) < 4.78 is 7.00. The van der Waals surface area contributed by atoms with Crippen LogP contribution in [0.1, 0.15) is 13.8 Å². The van der Waals surface area contributed by atoms with Crippen LogP contribution in [0, 0.1) is 11.3 Å². The molecule has 0 amide bonds. The van der Waals surface area contributed by atoms with Crippen molar-refractivity contribution in [2.75, 3.05) is 11.9 Å². The van der Waals surface area contributed by atoms with E-state index in [1.54, 1.807) is 26.2 Å². The molecule has 0 saturated carbocycles. The molecule has 3 rings (SSSR count). The number of carbonyl (C=O) groups excluding carboxylic acids is 1. The summed E-state index contributed by atoms with van der Waals surface area (Å²) in [4.78, 5) is 29.2. The van der Waals surface area contributed by atoms with Gasteiger partial charge in [-0.05, 0) is 26.0 Å². The topological polar surface area (TPSA) is 97.0 Å². The van der Waals surface area contributed by atoms with Crippen LogP contribution >= 0.6 is 11.3 Å². The quantitative estimate of drug-likeness (QED) is 0.660. The number of thiazole rings is 1. The number of esters is 1. The summed E-state index contributed by atoms with van der Waals surface area (Å²) >= 11 is 1.07. The third-order valence-corrected chi connectivity index (χ3v) is 5.15. The summed E-state index contributed by atoms with van der Waals surface area (Å²) in [5, 5.41) is 13.5. The van der Waals surface area contributed by atoms with E-state index in [1.807, 2.05) is 36.4 Å². The minimum Gasteiger partial charge on any atom is -0.462 e. The number of nitriles is 1. The average molecular weight is 394 g/mol. The Morgan fingerprint density at radius 1 is 1.36 bits per heavy atom. The number of nitrogens with zero attached hydrogens (tertiary/aromatic N) is 3. The molecular formula is C20H18N4O3S. The number of ether oxygens (including phenoxy) is 1. The van der Waals surface area contributed by atoms with Gasteiger partial charge in [-0.25, -0.2) is 4.79 Å². The molecule has 28 heavy (non-hydrogen) atoms. The molecule has 0 spiro atoms. The standard InChI is InChI=1S/C20H18N4O3S/c1-3-24-18(25)16(28-19(24)14(11-21)20(26)27-4-2)12-23-15-9-5-7-13-8-6-10-22-17(13)15/h5-10,12,23H,3-4H2,1-2H3/b16-12+,19-14+. The highest BCUT2D eigenvalue weighted by atomic mass is 32.1. The fourth-order valence-corrected chi connectivity index (χ4v) is 3.82. The van der Waals surface area contributed by atoms with Gasteiger partial charge in [-0.1, -0.05) is 18.2 Å². The summed E-state index contributed by atoms with van der Waals surface area (Å²) in [7, 11) is 0. The molecule has 0 unspecified atom stereocenters. The molecule has 8 heteroatoms. The molecule has 7 nitrogen and oxygen atoms in total. The summed E-state index contributed by atoms with van der Waals surface area (Å²) in [5.74, 6) is -0.730. The molecule has 2 aromatic heterocycles. The summed E-state index contributed by atoms with van der Waals surface area (Å²) in [6, 6.07) is 11.4. The summed E-state index contributed by atoms with van der Waals surface area (Å²) in [6.45, 7) is 3.93. The highest BCUT2D eigenvalue weighted by Gasteiger charge is 2.16. The minimum atomic E-state index is -0.730. The lowest BCUT2D eigenvalue weighted by molar-refractivity contribution is -0.136. The molecule has 0 radical (unpaired) electrons. The van der Waals surface area contributed by atoms with Crippen molar-refractivity contribution < 1.29 is 9.53 Å². The van der Waals surface area contributed by atoms with Gasteiger partial charge in [0, 0.05) is 24.3 Å². The normalized spacial score (nSPS) is 12.5. The summed E-state index contributed by atoms with van der Waals surface area (Å²) in [5.41, 5.74) is 1.09. The summed E-state index contributed by atoms with van der Waals surface area (Å²) in [6.07, 6.45) is 3.28. The molecule has 0 atom stereocenters. The highest BCUT2D eigenvalue weighted by molar-refractivity contribution is 7.07. The molecule has 0 aliphatic carbocycles. The molecular weight excluding hydrogens is 376 g/mol. The molecule has 2 heterocycles. The Bertz CT molecular complexity index is 1250. The maximum absolute atomic E-state index is 12.7. The first-order valence-electron chi connectivity index (χ1n) is 8.72. The van der Waals surface area contributed by atoms with Gasteiger partial charge in [0.2, 0.25) is 0 Å². The third-order valence-electron chi connectivity index (χ3n) is 4.02. The van der Waals surface area contributed by atoms with Gasteiger partial charge in [0.1, 0.15) is 15.3 Å². The Morgan fingerprint density at radius 3 is 2.86 bits per heavy atom. The van der Waals surface area contributed by atoms with Gasteiger partial charge in [-0.15, -0.1) is 11.3 Å². The lowest BCUT2D eigenvalue weighted by Crippen LogP contribution is -2.32. The van der Waals surface area contributed by atoms with Gasteiger partial charge < -0.3 is 10.1 Å². The van der Waals surface area contributed by atoms with E-state index in [0.29, 0.717) is 11.1 Å². The zero-order valence-corrected chi connectivity index (χ0v) is 16.2. The van der Waals surface area contributed by atoms with Gasteiger partial charge in [-0.2, -0.15) is 5.26 Å². The number of rotatable bonds is 5. The van der Waals surface area contributed by atoms with Crippen LogP contribution in [0.5, 0.6) is 0 Å². The fraction of sp³-hybridized carbons (Fsp3) is 0.200. The SMILES string of the molecule is CCOC(=O)/C(C#N)=c1/s/c(=C/Nc2cccc3cccnc23)c(=O)n1CC. The first kappa shape index (κ1) is 19.3. The number of pyridine rings is 1. The van der Waals surface area contributed by atoms with Crippen LogP contribution in [0.4, 0.5) is 5.69 Å². The molecule has 0 saturated heterocycles. The monoisotopic (exact) mass is 394 g/mol. The van der Waals surface area contributed by atoms with E-state index >= 15 is 0 Å². The molecule has 0 aliphatic rings. The van der Waals surface area contributed by atoms with Gasteiger partial charge in [0.05, 0.1) is 17.8 Å². The second-order valence-electron chi connectivity index (χ2n) is 5.70. The molecule has 0 fully saturated rings. The number of hydrogen-bond donors (Lipinski definition) is 1. The number of benzene rings is 1. The highest BCUT2D eigenvalue weighted by Crippen LogP contribution is 2.20. The number of para-hydroxylation sites is 1. The maximum atomic E-state index is 12.7. The number of carbonyl (C=O) groups is 1. The first-order chi connectivity index (χ1) is 13.6. The van der Waals surface area contributed by atoms with E-state index < -0.39 is 5.97 Å². The first-order valence-corrected chi connectivity index (χ1v) is 9.54. The number of fused-ring (bicyclic) bond motifs is 1.